The van der Waals surface area contributed by atoms with E-state index < -0.39 is 22.0 Å². The van der Waals surface area contributed by atoms with Gasteiger partial charge in [-0.05, 0) is 80.7 Å². The van der Waals surface area contributed by atoms with E-state index in [9.17, 15) is 22.8 Å². The van der Waals surface area contributed by atoms with Crippen LogP contribution in [0.4, 0.5) is 9.80 Å². The number of sulfonamides is 1. The molecule has 0 spiro atoms. The normalized spacial score (nSPS) is 21.5. The van der Waals surface area contributed by atoms with Crippen molar-refractivity contribution in [2.75, 3.05) is 44.6 Å². The Labute approximate surface area is 252 Å². The summed E-state index contributed by atoms with van der Waals surface area (Å²) in [5, 5.41) is 3.40. The zero-order valence-electron chi connectivity index (χ0n) is 24.6. The Hall–Kier alpha value is -2.96. The van der Waals surface area contributed by atoms with Crippen molar-refractivity contribution >= 4 is 44.3 Å². The Bertz CT molecular complexity index is 1420. The highest BCUT2D eigenvalue weighted by Crippen LogP contribution is 2.39. The first-order chi connectivity index (χ1) is 20.1. The van der Waals surface area contributed by atoms with Gasteiger partial charge < -0.3 is 19.9 Å². The molecule has 2 aromatic rings. The molecular weight excluding hydrogens is 576 g/mol. The Morgan fingerprint density at radius 3 is 2.29 bits per heavy atom. The quantitative estimate of drug-likeness (QED) is 0.498. The number of piperidine rings is 2. The number of thiophene rings is 1. The fraction of sp³-hybridized carbons (Fsp3) is 0.567. The number of nitrogens with zero attached hydrogens (tertiary/aromatic N) is 3. The number of benzene rings is 1. The van der Waals surface area contributed by atoms with Crippen molar-refractivity contribution in [2.45, 2.75) is 64.3 Å². The van der Waals surface area contributed by atoms with Crippen LogP contribution >= 0.6 is 11.3 Å². The monoisotopic (exact) mass is 616 g/mol. The minimum Gasteiger partial charge on any atom is -0.450 e. The van der Waals surface area contributed by atoms with Gasteiger partial charge in [-0.2, -0.15) is 4.31 Å². The van der Waals surface area contributed by atoms with Crippen molar-refractivity contribution in [1.82, 2.24) is 14.1 Å². The van der Waals surface area contributed by atoms with E-state index in [1.165, 1.54) is 39.9 Å². The van der Waals surface area contributed by atoms with Gasteiger partial charge in [0.05, 0.1) is 23.6 Å². The summed E-state index contributed by atoms with van der Waals surface area (Å²) >= 11 is 1.31. The Balaban J connectivity index is 1.38. The summed E-state index contributed by atoms with van der Waals surface area (Å²) in [5.41, 5.74) is 1.67. The van der Waals surface area contributed by atoms with Crippen LogP contribution in [0.25, 0.3) is 0 Å². The summed E-state index contributed by atoms with van der Waals surface area (Å²) in [5.74, 6) is 0.0547. The number of hydrogen-bond donors (Lipinski definition) is 1. The first-order valence-electron chi connectivity index (χ1n) is 14.9. The largest absolute Gasteiger partial charge is 0.450 e. The van der Waals surface area contributed by atoms with Crippen LogP contribution in [0, 0.1) is 11.8 Å². The maximum absolute atomic E-state index is 13.7. The molecule has 0 radical (unpaired) electrons. The van der Waals surface area contributed by atoms with Gasteiger partial charge in [-0.3, -0.25) is 9.59 Å². The molecule has 3 aliphatic rings. The van der Waals surface area contributed by atoms with Crippen LogP contribution < -0.4 is 5.32 Å². The molecule has 1 N–H and O–H groups in total. The molecule has 10 nitrogen and oxygen atoms in total. The number of hydrogen-bond acceptors (Lipinski definition) is 7. The summed E-state index contributed by atoms with van der Waals surface area (Å²) in [6.07, 6.45) is 4.08. The second-order valence-corrected chi connectivity index (χ2v) is 14.7. The molecule has 0 saturated carbocycles. The number of fused-ring (bicyclic) bond motifs is 1. The molecule has 3 amide bonds. The first kappa shape index (κ1) is 30.5. The lowest BCUT2D eigenvalue weighted by Gasteiger charge is -2.34. The average Bonchev–Trinajstić information content (AvgIpc) is 3.33. The lowest BCUT2D eigenvalue weighted by molar-refractivity contribution is 0.0724. The predicted octanol–water partition coefficient (Wildman–Crippen LogP) is 4.81. The number of amides is 3. The van der Waals surface area contributed by atoms with Gasteiger partial charge in [0.1, 0.15) is 5.00 Å². The maximum atomic E-state index is 13.7. The average molecular weight is 617 g/mol. The third-order valence-corrected chi connectivity index (χ3v) is 11.2. The van der Waals surface area contributed by atoms with Gasteiger partial charge >= 0.3 is 6.09 Å². The molecule has 2 atom stereocenters. The van der Waals surface area contributed by atoms with E-state index in [-0.39, 0.29) is 29.2 Å². The van der Waals surface area contributed by atoms with Gasteiger partial charge in [-0.1, -0.05) is 13.8 Å². The zero-order chi connectivity index (χ0) is 30.0. The van der Waals surface area contributed by atoms with E-state index in [4.69, 9.17) is 4.74 Å². The predicted molar refractivity (Wildman–Crippen MR) is 161 cm³/mol. The van der Waals surface area contributed by atoms with Crippen molar-refractivity contribution in [3.05, 3.63) is 45.8 Å². The molecule has 42 heavy (non-hydrogen) atoms. The molecular formula is C30H40N4O6S2. The maximum Gasteiger partial charge on any atom is 0.410 e. The van der Waals surface area contributed by atoms with E-state index in [1.807, 2.05) is 4.90 Å². The number of carbonyl (C=O) groups excluding carboxylic acids is 3. The number of anilines is 1. The first-order valence-corrected chi connectivity index (χ1v) is 17.1. The second kappa shape index (κ2) is 12.7. The molecule has 228 valence electrons. The standard InChI is InChI=1S/C30H40N4O6S2/c1-4-40-30(37)33-15-12-24-25(19-33)41-28(26(24)29(36)32-13-6-5-7-14-32)31-27(35)22-8-10-23(11-9-22)42(38,39)34-17-20(2)16-21(3)18-34/h8-11,20-21H,4-7,12-19H2,1-3H3,(H,31,35). The minimum absolute atomic E-state index is 0.0986. The van der Waals surface area contributed by atoms with Crippen molar-refractivity contribution < 1.29 is 27.5 Å². The molecule has 0 aliphatic carbocycles. The van der Waals surface area contributed by atoms with Crippen LogP contribution in [0.3, 0.4) is 0 Å². The lowest BCUT2D eigenvalue weighted by atomic mass is 9.94. The third kappa shape index (κ3) is 6.35. The molecule has 2 saturated heterocycles. The minimum atomic E-state index is -3.67. The van der Waals surface area contributed by atoms with Crippen LogP contribution in [0.2, 0.25) is 0 Å². The van der Waals surface area contributed by atoms with Gasteiger partial charge in [-0.15, -0.1) is 11.3 Å². The van der Waals surface area contributed by atoms with Crippen LogP contribution in [-0.2, 0) is 27.7 Å². The van der Waals surface area contributed by atoms with E-state index in [0.29, 0.717) is 61.8 Å². The van der Waals surface area contributed by atoms with Gasteiger partial charge in [-0.25, -0.2) is 13.2 Å². The van der Waals surface area contributed by atoms with Crippen molar-refractivity contribution in [3.8, 4) is 0 Å². The molecule has 0 bridgehead atoms. The molecule has 5 rings (SSSR count). The smallest absolute Gasteiger partial charge is 0.410 e. The summed E-state index contributed by atoms with van der Waals surface area (Å²) in [6.45, 7) is 9.24. The Morgan fingerprint density at radius 1 is 0.976 bits per heavy atom. The van der Waals surface area contributed by atoms with Crippen LogP contribution in [-0.4, -0.2) is 79.8 Å². The van der Waals surface area contributed by atoms with Gasteiger partial charge in [0.15, 0.2) is 0 Å². The molecule has 2 fully saturated rings. The highest BCUT2D eigenvalue weighted by atomic mass is 32.2. The highest BCUT2D eigenvalue weighted by Gasteiger charge is 2.34. The topological polar surface area (TPSA) is 116 Å². The van der Waals surface area contributed by atoms with E-state index in [0.717, 1.165) is 36.1 Å². The Morgan fingerprint density at radius 2 is 1.64 bits per heavy atom. The summed E-state index contributed by atoms with van der Waals surface area (Å²) in [7, 11) is -3.67. The van der Waals surface area contributed by atoms with Gasteiger partial charge in [0.25, 0.3) is 11.8 Å². The number of ether oxygens (including phenoxy) is 1. The van der Waals surface area contributed by atoms with Crippen molar-refractivity contribution in [1.29, 1.82) is 0 Å². The van der Waals surface area contributed by atoms with E-state index in [1.54, 1.807) is 11.8 Å². The molecule has 1 aromatic carbocycles. The Kier molecular flexibility index (Phi) is 9.24. The van der Waals surface area contributed by atoms with Crippen molar-refractivity contribution in [2.24, 2.45) is 11.8 Å². The summed E-state index contributed by atoms with van der Waals surface area (Å²) in [4.78, 5) is 44.0. The lowest BCUT2D eigenvalue weighted by Crippen LogP contribution is -2.42. The number of likely N-dealkylation sites (tertiary alicyclic amines) is 1. The molecule has 1 aromatic heterocycles. The summed E-state index contributed by atoms with van der Waals surface area (Å²) in [6, 6.07) is 5.98. The number of rotatable bonds is 6. The van der Waals surface area contributed by atoms with Crippen LogP contribution in [0.5, 0.6) is 0 Å². The zero-order valence-corrected chi connectivity index (χ0v) is 26.2. The fourth-order valence-corrected chi connectivity index (χ4v) is 9.18. The van der Waals surface area contributed by atoms with Gasteiger partial charge in [0.2, 0.25) is 10.0 Å². The molecule has 4 heterocycles. The van der Waals surface area contributed by atoms with E-state index >= 15 is 0 Å². The SMILES string of the molecule is CCOC(=O)N1CCc2c(sc(NC(=O)c3ccc(S(=O)(=O)N4CC(C)CC(C)C4)cc3)c2C(=O)N2CCCCC2)C1. The molecule has 2 unspecified atom stereocenters. The molecule has 12 heteroatoms. The van der Waals surface area contributed by atoms with Crippen molar-refractivity contribution in [3.63, 3.8) is 0 Å². The third-order valence-electron chi connectivity index (χ3n) is 8.26. The number of carbonyl (C=O) groups is 3. The second-order valence-electron chi connectivity index (χ2n) is 11.7. The van der Waals surface area contributed by atoms with Crippen LogP contribution in [0.15, 0.2) is 29.2 Å². The number of nitrogens with one attached hydrogen (secondary N) is 1. The van der Waals surface area contributed by atoms with E-state index in [2.05, 4.69) is 19.2 Å². The fourth-order valence-electron chi connectivity index (χ4n) is 6.25. The summed E-state index contributed by atoms with van der Waals surface area (Å²) < 4.78 is 33.3. The highest BCUT2D eigenvalue weighted by molar-refractivity contribution is 7.89. The van der Waals surface area contributed by atoms with Gasteiger partial charge in [0, 0.05) is 43.2 Å². The van der Waals surface area contributed by atoms with Crippen LogP contribution in [0.1, 0.15) is 77.6 Å². The molecule has 3 aliphatic heterocycles.